The molecule has 6 atom stereocenters. The number of amides is 9. The molecular weight excluding hydrogens is 939 g/mol. The van der Waals surface area contributed by atoms with Gasteiger partial charge >= 0.3 is 11.9 Å². The number of aryl methyl sites for hydroxylation is 1. The van der Waals surface area contributed by atoms with E-state index in [4.69, 9.17) is 11.5 Å². The lowest BCUT2D eigenvalue weighted by molar-refractivity contribution is -0.139. The number of nitrogens with one attached hydrogen (secondary N) is 7. The van der Waals surface area contributed by atoms with Gasteiger partial charge in [-0.15, -0.1) is 0 Å². The Labute approximate surface area is 407 Å². The molecule has 0 bridgehead atoms. The summed E-state index contributed by atoms with van der Waals surface area (Å²) in [5.41, 5.74) is 9.82. The summed E-state index contributed by atoms with van der Waals surface area (Å²) in [4.78, 5) is 144. The maximum absolute atomic E-state index is 14.7. The van der Waals surface area contributed by atoms with Crippen LogP contribution in [0.15, 0.2) is 18.2 Å². The van der Waals surface area contributed by atoms with Gasteiger partial charge < -0.3 is 64.0 Å². The molecule has 25 heteroatoms. The monoisotopic (exact) mass is 1010 g/mol. The van der Waals surface area contributed by atoms with E-state index in [1.165, 1.54) is 18.2 Å². The standard InChI is InChI=1S/C45H67N9O15S/c1-25(2)19-29-42(66)52-30(21-26-12-14-33(55)27(20-26)13-15-38(61)62)43(67)54-45(16-5-3-6-17-45)44(68)53-31(22-34(46)56)40(64)48-18-7-4-10-35(57)50-32(39(47)63)23-70(69)24-36(58)49-28(41(65)51-29)9-8-11-37(59)60/h12,14,20,25,28-32,55H,3-11,13,15-19,21-24H2,1-2H3,(H2,46,56)(H2,47,63)(H,48,64)(H,49,58)(H,50,57)(H,51,65)(H,52,66)(H,53,68)(H,54,67)(H,59,60)(H,61,62)/t28-,29-,30-,31-,32-,70?/m0/s1. The number of phenols is 1. The zero-order valence-electron chi connectivity index (χ0n) is 39.4. The fourth-order valence-corrected chi connectivity index (χ4v) is 9.17. The van der Waals surface area contributed by atoms with Crippen LogP contribution in [0.5, 0.6) is 5.75 Å². The third-order valence-corrected chi connectivity index (χ3v) is 13.0. The smallest absolute Gasteiger partial charge is 0.303 e. The van der Waals surface area contributed by atoms with Crippen LogP contribution in [-0.2, 0) is 76.4 Å². The molecule has 1 saturated carbocycles. The van der Waals surface area contributed by atoms with Gasteiger partial charge in [-0.25, -0.2) is 0 Å². The Morgan fingerprint density at radius 3 is 2.04 bits per heavy atom. The molecule has 3 rings (SSSR count). The van der Waals surface area contributed by atoms with Gasteiger partial charge in [-0.05, 0) is 74.5 Å². The van der Waals surface area contributed by atoms with Crippen molar-refractivity contribution in [1.29, 1.82) is 0 Å². The minimum absolute atomic E-state index is 0.0410. The van der Waals surface area contributed by atoms with Crippen LogP contribution in [0.1, 0.15) is 115 Å². The number of hydrogen-bond donors (Lipinski definition) is 12. The molecule has 2 fully saturated rings. The fourth-order valence-electron chi connectivity index (χ4n) is 8.05. The van der Waals surface area contributed by atoms with Gasteiger partial charge in [0.05, 0.1) is 12.2 Å². The maximum atomic E-state index is 14.7. The molecule has 1 aliphatic carbocycles. The van der Waals surface area contributed by atoms with Gasteiger partial charge in [-0.2, -0.15) is 0 Å². The molecule has 388 valence electrons. The quantitative estimate of drug-likeness (QED) is 0.0951. The molecule has 0 aromatic heterocycles. The van der Waals surface area contributed by atoms with Crippen molar-refractivity contribution in [2.45, 2.75) is 152 Å². The van der Waals surface area contributed by atoms with E-state index in [1.54, 1.807) is 13.8 Å². The van der Waals surface area contributed by atoms with Gasteiger partial charge in [-0.1, -0.05) is 45.2 Å². The van der Waals surface area contributed by atoms with Crippen LogP contribution in [0.4, 0.5) is 0 Å². The minimum atomic E-state index is -2.15. The number of aliphatic carboxylic acids is 2. The molecule has 1 aliphatic heterocycles. The molecule has 0 radical (unpaired) electrons. The number of phenolic OH excluding ortho intramolecular Hbond substituents is 1. The fraction of sp³-hybridized carbons (Fsp3) is 0.622. The number of rotatable bonds is 14. The van der Waals surface area contributed by atoms with Crippen molar-refractivity contribution in [2.75, 3.05) is 18.1 Å². The van der Waals surface area contributed by atoms with Crippen LogP contribution in [0, 0.1) is 5.92 Å². The number of primary amides is 2. The normalized spacial score (nSPS) is 24.1. The number of hydrogen-bond acceptors (Lipinski definition) is 13. The Morgan fingerprint density at radius 2 is 1.41 bits per heavy atom. The zero-order valence-corrected chi connectivity index (χ0v) is 40.3. The number of aromatic hydroxyl groups is 1. The van der Waals surface area contributed by atoms with Gasteiger partial charge in [0.1, 0.15) is 47.3 Å². The van der Waals surface area contributed by atoms with E-state index in [9.17, 15) is 72.3 Å². The highest BCUT2D eigenvalue weighted by molar-refractivity contribution is 7.85. The summed E-state index contributed by atoms with van der Waals surface area (Å²) in [5.74, 6) is -12.2. The summed E-state index contributed by atoms with van der Waals surface area (Å²) in [5, 5.41) is 47.2. The Balaban J connectivity index is 2.13. The van der Waals surface area contributed by atoms with Crippen molar-refractivity contribution in [3.05, 3.63) is 29.3 Å². The molecule has 24 nitrogen and oxygen atoms in total. The predicted octanol–water partition coefficient (Wildman–Crippen LogP) is -2.09. The lowest BCUT2D eigenvalue weighted by Crippen LogP contribution is -2.66. The van der Waals surface area contributed by atoms with Crippen molar-refractivity contribution in [2.24, 2.45) is 17.4 Å². The maximum Gasteiger partial charge on any atom is 0.303 e. The third-order valence-electron chi connectivity index (χ3n) is 11.7. The molecule has 1 spiro atoms. The first-order chi connectivity index (χ1) is 33.0. The second-order valence-corrected chi connectivity index (χ2v) is 19.6. The summed E-state index contributed by atoms with van der Waals surface area (Å²) in [6.45, 7) is 3.42. The average Bonchev–Trinajstić information content (AvgIpc) is 3.27. The molecule has 1 aromatic rings. The van der Waals surface area contributed by atoms with E-state index in [-0.39, 0.29) is 94.4 Å². The van der Waals surface area contributed by atoms with Crippen LogP contribution in [0.3, 0.4) is 0 Å². The topological polar surface area (TPSA) is 402 Å². The number of benzene rings is 1. The van der Waals surface area contributed by atoms with E-state index in [0.717, 1.165) is 0 Å². The van der Waals surface area contributed by atoms with E-state index < -0.39 is 136 Å². The molecule has 9 amide bonds. The Kier molecular flexibility index (Phi) is 23.2. The van der Waals surface area contributed by atoms with Crippen molar-refractivity contribution in [1.82, 2.24) is 37.2 Å². The molecular formula is C45H67N9O15S. The minimum Gasteiger partial charge on any atom is -0.508 e. The third kappa shape index (κ3) is 19.7. The van der Waals surface area contributed by atoms with Crippen molar-refractivity contribution >= 4 is 75.9 Å². The summed E-state index contributed by atoms with van der Waals surface area (Å²) in [6, 6.07) is -3.21. The van der Waals surface area contributed by atoms with Crippen LogP contribution >= 0.6 is 0 Å². The van der Waals surface area contributed by atoms with E-state index in [0.29, 0.717) is 24.8 Å². The average molecular weight is 1010 g/mol. The number of carbonyl (C=O) groups excluding carboxylic acids is 9. The van der Waals surface area contributed by atoms with Gasteiger partial charge in [0.15, 0.2) is 0 Å². The summed E-state index contributed by atoms with van der Waals surface area (Å²) >= 11 is 0. The second kappa shape index (κ2) is 28.1. The first-order valence-electron chi connectivity index (χ1n) is 23.3. The molecule has 2 aliphatic rings. The Hall–Kier alpha value is -6.66. The van der Waals surface area contributed by atoms with Crippen LogP contribution in [-0.4, -0.2) is 138 Å². The molecule has 70 heavy (non-hydrogen) atoms. The first kappa shape index (κ1) is 57.7. The summed E-state index contributed by atoms with van der Waals surface area (Å²) in [7, 11) is -2.15. The van der Waals surface area contributed by atoms with Gasteiger partial charge in [0.2, 0.25) is 53.2 Å². The highest BCUT2D eigenvalue weighted by Gasteiger charge is 2.44. The molecule has 14 N–H and O–H groups in total. The highest BCUT2D eigenvalue weighted by Crippen LogP contribution is 2.30. The Bertz CT molecular complexity index is 2130. The number of carboxylic acid groups (broad SMARTS) is 2. The summed E-state index contributed by atoms with van der Waals surface area (Å²) < 4.78 is 13.1. The second-order valence-electron chi connectivity index (χ2n) is 18.1. The van der Waals surface area contributed by atoms with Crippen molar-refractivity contribution < 1.29 is 72.3 Å². The molecule has 1 unspecified atom stereocenters. The van der Waals surface area contributed by atoms with E-state index in [2.05, 4.69) is 37.2 Å². The number of nitrogens with two attached hydrogens (primary N) is 2. The van der Waals surface area contributed by atoms with Gasteiger partial charge in [0, 0.05) is 43.0 Å². The van der Waals surface area contributed by atoms with E-state index >= 15 is 0 Å². The van der Waals surface area contributed by atoms with Crippen LogP contribution < -0.4 is 48.7 Å². The SMILES string of the molecule is CC(C)C[C@@H]1NC(=O)[C@H](CCCC(=O)O)NC(=O)CS(=O)C[C@@H](C(N)=O)NC(=O)CCCCNC(=O)[C@H](CC(N)=O)NC(=O)C2(CCCCC2)NC(=O)[C@H](Cc2ccc(O)c(CCC(=O)O)c2)NC1=O. The predicted molar refractivity (Wildman–Crippen MR) is 250 cm³/mol. The van der Waals surface area contributed by atoms with Gasteiger partial charge in [-0.3, -0.25) is 56.9 Å². The van der Waals surface area contributed by atoms with Gasteiger partial charge in [0.25, 0.3) is 0 Å². The lowest BCUT2D eigenvalue weighted by atomic mass is 9.80. The van der Waals surface area contributed by atoms with E-state index in [1.807, 2.05) is 0 Å². The largest absolute Gasteiger partial charge is 0.508 e. The zero-order chi connectivity index (χ0) is 52.1. The molecule has 1 saturated heterocycles. The van der Waals surface area contributed by atoms with Crippen LogP contribution in [0.25, 0.3) is 0 Å². The van der Waals surface area contributed by atoms with Crippen molar-refractivity contribution in [3.8, 4) is 5.75 Å². The lowest BCUT2D eigenvalue weighted by Gasteiger charge is -2.38. The number of carbonyl (C=O) groups is 11. The molecule has 1 heterocycles. The highest BCUT2D eigenvalue weighted by atomic mass is 32.2. The number of carboxylic acids is 2. The van der Waals surface area contributed by atoms with Crippen molar-refractivity contribution in [3.63, 3.8) is 0 Å². The van der Waals surface area contributed by atoms with Crippen LogP contribution in [0.2, 0.25) is 0 Å². The molecule has 1 aromatic carbocycles. The summed E-state index contributed by atoms with van der Waals surface area (Å²) in [6.07, 6.45) is -0.325. The first-order valence-corrected chi connectivity index (χ1v) is 24.7. The Morgan fingerprint density at radius 1 is 0.757 bits per heavy atom.